The third-order valence-electron chi connectivity index (χ3n) is 4.25. The maximum absolute atomic E-state index is 13.7. The first-order valence-corrected chi connectivity index (χ1v) is 9.03. The van der Waals surface area contributed by atoms with Crippen LogP contribution < -0.4 is 10.1 Å². The third-order valence-corrected chi connectivity index (χ3v) is 4.25. The molecule has 10 heteroatoms. The molecule has 1 atom stereocenters. The molecule has 1 unspecified atom stereocenters. The first-order valence-electron chi connectivity index (χ1n) is 9.03. The molecule has 30 heavy (non-hydrogen) atoms. The number of carbonyl (C=O) groups excluding carboxylic acids is 1. The molecule has 0 aliphatic heterocycles. The second-order valence-corrected chi connectivity index (χ2v) is 6.37. The van der Waals surface area contributed by atoms with Crippen LogP contribution in [0.15, 0.2) is 48.5 Å². The highest BCUT2D eigenvalue weighted by molar-refractivity contribution is 5.93. The first-order chi connectivity index (χ1) is 14.2. The highest BCUT2D eigenvalue weighted by Gasteiger charge is 2.42. The summed E-state index contributed by atoms with van der Waals surface area (Å²) in [5.74, 6) is -1.16. The van der Waals surface area contributed by atoms with Crippen LogP contribution >= 0.6 is 0 Å². The molecule has 0 aliphatic rings. The lowest BCUT2D eigenvalue weighted by atomic mass is 10.1. The number of hydrogen-bond donors (Lipinski definition) is 1. The molecule has 0 saturated carbocycles. The Labute approximate surface area is 169 Å². The summed E-state index contributed by atoms with van der Waals surface area (Å²) in [6.45, 7) is 3.96. The van der Waals surface area contributed by atoms with Gasteiger partial charge in [-0.3, -0.25) is 4.79 Å². The average Bonchev–Trinajstić information content (AvgIpc) is 3.15. The number of ether oxygens (including phenoxy) is 1. The Morgan fingerprint density at radius 2 is 1.90 bits per heavy atom. The Hall–Kier alpha value is -3.43. The standard InChI is InChI=1S/C20H18F4N4O2/c1-3-30-16-9-7-13(8-10-16)12(2)25-19(29)17-18(20(22,23)24)28(27-26-17)15-6-4-5-14(21)11-15/h4-12H,3H2,1-2H3,(H,25,29). The van der Waals surface area contributed by atoms with Gasteiger partial charge in [-0.05, 0) is 49.7 Å². The van der Waals surface area contributed by atoms with E-state index >= 15 is 0 Å². The van der Waals surface area contributed by atoms with E-state index in [2.05, 4.69) is 15.6 Å². The molecule has 3 aromatic rings. The minimum absolute atomic E-state index is 0.201. The predicted octanol–water partition coefficient (Wildman–Crippen LogP) is 4.31. The molecule has 1 aromatic heterocycles. The Kier molecular flexibility index (Phi) is 6.04. The fraction of sp³-hybridized carbons (Fsp3) is 0.250. The molecular weight excluding hydrogens is 404 g/mol. The lowest BCUT2D eigenvalue weighted by molar-refractivity contribution is -0.143. The van der Waals surface area contributed by atoms with E-state index in [1.807, 2.05) is 6.92 Å². The molecule has 1 heterocycles. The Balaban J connectivity index is 1.88. The normalized spacial score (nSPS) is 12.5. The number of hydrogen-bond acceptors (Lipinski definition) is 4. The quantitative estimate of drug-likeness (QED) is 0.601. The lowest BCUT2D eigenvalue weighted by Crippen LogP contribution is -2.29. The summed E-state index contributed by atoms with van der Waals surface area (Å²) in [5, 5.41) is 9.32. The van der Waals surface area contributed by atoms with Crippen molar-refractivity contribution >= 4 is 5.91 Å². The van der Waals surface area contributed by atoms with Crippen LogP contribution in [0.1, 0.15) is 41.6 Å². The van der Waals surface area contributed by atoms with E-state index < -0.39 is 35.3 Å². The van der Waals surface area contributed by atoms with Gasteiger partial charge in [0.15, 0.2) is 11.4 Å². The van der Waals surface area contributed by atoms with Gasteiger partial charge in [0.2, 0.25) is 0 Å². The smallest absolute Gasteiger partial charge is 0.435 e. The number of alkyl halides is 3. The molecule has 0 aliphatic carbocycles. The van der Waals surface area contributed by atoms with Gasteiger partial charge in [-0.2, -0.15) is 13.2 Å². The van der Waals surface area contributed by atoms with Gasteiger partial charge in [-0.15, -0.1) is 5.10 Å². The van der Waals surface area contributed by atoms with Crippen LogP contribution in [0.5, 0.6) is 5.75 Å². The monoisotopic (exact) mass is 422 g/mol. The maximum Gasteiger partial charge on any atom is 0.435 e. The van der Waals surface area contributed by atoms with Crippen LogP contribution in [0, 0.1) is 5.82 Å². The van der Waals surface area contributed by atoms with E-state index in [-0.39, 0.29) is 5.69 Å². The van der Waals surface area contributed by atoms with Crippen molar-refractivity contribution in [1.29, 1.82) is 0 Å². The zero-order valence-corrected chi connectivity index (χ0v) is 16.1. The number of aromatic nitrogens is 3. The van der Waals surface area contributed by atoms with Gasteiger partial charge < -0.3 is 10.1 Å². The summed E-state index contributed by atoms with van der Waals surface area (Å²) in [7, 11) is 0. The van der Waals surface area contributed by atoms with Gasteiger partial charge >= 0.3 is 6.18 Å². The largest absolute Gasteiger partial charge is 0.494 e. The van der Waals surface area contributed by atoms with Crippen molar-refractivity contribution in [3.63, 3.8) is 0 Å². The minimum atomic E-state index is -4.94. The Morgan fingerprint density at radius 1 is 1.20 bits per heavy atom. The fourth-order valence-corrected chi connectivity index (χ4v) is 2.85. The van der Waals surface area contributed by atoms with Gasteiger partial charge in [-0.1, -0.05) is 23.4 Å². The van der Waals surface area contributed by atoms with Crippen molar-refractivity contribution in [1.82, 2.24) is 20.3 Å². The number of nitrogens with zero attached hydrogens (tertiary/aromatic N) is 3. The number of carbonyl (C=O) groups is 1. The number of benzene rings is 2. The zero-order valence-electron chi connectivity index (χ0n) is 16.1. The summed E-state index contributed by atoms with van der Waals surface area (Å²) in [6.07, 6.45) is -4.94. The van der Waals surface area contributed by atoms with Gasteiger partial charge in [0.25, 0.3) is 5.91 Å². The van der Waals surface area contributed by atoms with Crippen LogP contribution in [0.3, 0.4) is 0 Å². The summed E-state index contributed by atoms with van der Waals surface area (Å²) in [5.41, 5.74) is -1.82. The Bertz CT molecular complexity index is 1030. The Morgan fingerprint density at radius 3 is 2.50 bits per heavy atom. The topological polar surface area (TPSA) is 69.0 Å². The van der Waals surface area contributed by atoms with Crippen LogP contribution in [0.4, 0.5) is 17.6 Å². The first kappa shape index (κ1) is 21.3. The summed E-state index contributed by atoms with van der Waals surface area (Å²) in [6, 6.07) is 10.6. The molecular formula is C20H18F4N4O2. The van der Waals surface area contributed by atoms with Gasteiger partial charge in [0.1, 0.15) is 11.6 Å². The molecule has 0 radical (unpaired) electrons. The van der Waals surface area contributed by atoms with E-state index in [1.54, 1.807) is 31.2 Å². The third kappa shape index (κ3) is 4.58. The fourth-order valence-electron chi connectivity index (χ4n) is 2.85. The van der Waals surface area contributed by atoms with E-state index in [4.69, 9.17) is 4.74 Å². The van der Waals surface area contributed by atoms with Crippen LogP contribution in [0.2, 0.25) is 0 Å². The molecule has 0 saturated heterocycles. The van der Waals surface area contributed by atoms with Crippen LogP contribution in [0.25, 0.3) is 5.69 Å². The number of nitrogens with one attached hydrogen (secondary N) is 1. The van der Waals surface area contributed by atoms with Crippen molar-refractivity contribution in [2.75, 3.05) is 6.61 Å². The van der Waals surface area contributed by atoms with Crippen molar-refractivity contribution < 1.29 is 27.1 Å². The van der Waals surface area contributed by atoms with Gasteiger partial charge in [-0.25, -0.2) is 9.07 Å². The average molecular weight is 422 g/mol. The van der Waals surface area contributed by atoms with E-state index in [9.17, 15) is 22.4 Å². The number of amides is 1. The molecule has 1 amide bonds. The number of rotatable bonds is 6. The second-order valence-electron chi connectivity index (χ2n) is 6.37. The van der Waals surface area contributed by atoms with Crippen molar-refractivity contribution in [3.05, 3.63) is 71.3 Å². The molecule has 0 spiro atoms. The van der Waals surface area contributed by atoms with Crippen LogP contribution in [-0.4, -0.2) is 27.5 Å². The van der Waals surface area contributed by atoms with Gasteiger partial charge in [0, 0.05) is 0 Å². The van der Waals surface area contributed by atoms with Gasteiger partial charge in [0.05, 0.1) is 18.3 Å². The summed E-state index contributed by atoms with van der Waals surface area (Å²) in [4.78, 5) is 12.6. The highest BCUT2D eigenvalue weighted by Crippen LogP contribution is 2.33. The van der Waals surface area contributed by atoms with E-state index in [0.29, 0.717) is 22.6 Å². The maximum atomic E-state index is 13.7. The minimum Gasteiger partial charge on any atom is -0.494 e. The summed E-state index contributed by atoms with van der Waals surface area (Å²) >= 11 is 0. The molecule has 158 valence electrons. The molecule has 6 nitrogen and oxygen atoms in total. The molecule has 3 rings (SSSR count). The molecule has 0 bridgehead atoms. The highest BCUT2D eigenvalue weighted by atomic mass is 19.4. The van der Waals surface area contributed by atoms with Crippen molar-refractivity contribution in [2.24, 2.45) is 0 Å². The van der Waals surface area contributed by atoms with Crippen molar-refractivity contribution in [2.45, 2.75) is 26.1 Å². The molecule has 0 fully saturated rings. The predicted molar refractivity (Wildman–Crippen MR) is 99.8 cm³/mol. The molecule has 2 aromatic carbocycles. The second kappa shape index (κ2) is 8.52. The van der Waals surface area contributed by atoms with Crippen molar-refractivity contribution in [3.8, 4) is 11.4 Å². The van der Waals surface area contributed by atoms with E-state index in [1.165, 1.54) is 12.1 Å². The molecule has 1 N–H and O–H groups in total. The zero-order chi connectivity index (χ0) is 21.9. The lowest BCUT2D eigenvalue weighted by Gasteiger charge is -2.15. The van der Waals surface area contributed by atoms with Crippen LogP contribution in [-0.2, 0) is 6.18 Å². The number of halogens is 4. The summed E-state index contributed by atoms with van der Waals surface area (Å²) < 4.78 is 60.2. The van der Waals surface area contributed by atoms with E-state index in [0.717, 1.165) is 12.1 Å². The SMILES string of the molecule is CCOc1ccc(C(C)NC(=O)c2nnn(-c3cccc(F)c3)c2C(F)(F)F)cc1.